The fraction of sp³-hybridized carbons (Fsp3) is 0.636. The van der Waals surface area contributed by atoms with Crippen LogP contribution in [0.1, 0.15) is 58.4 Å². The molecule has 0 aromatic heterocycles. The van der Waals surface area contributed by atoms with Crippen LogP contribution in [0, 0.1) is 5.41 Å². The number of benzene rings is 1. The average molecular weight is 391 g/mol. The van der Waals surface area contributed by atoms with Crippen LogP contribution in [0.5, 0.6) is 0 Å². The molecule has 1 aromatic rings. The number of amides is 2. The molecule has 0 saturated heterocycles. The molecule has 1 saturated carbocycles. The van der Waals surface area contributed by atoms with Crippen LogP contribution in [0.25, 0.3) is 0 Å². The van der Waals surface area contributed by atoms with Crippen molar-refractivity contribution in [3.8, 4) is 0 Å². The van der Waals surface area contributed by atoms with Gasteiger partial charge in [0.05, 0.1) is 6.61 Å². The molecule has 0 aliphatic heterocycles. The molecule has 0 radical (unpaired) electrons. The molecule has 1 aromatic carbocycles. The summed E-state index contributed by atoms with van der Waals surface area (Å²) in [6, 6.07) is 8.83. The zero-order chi connectivity index (χ0) is 20.6. The summed E-state index contributed by atoms with van der Waals surface area (Å²) in [5.41, 5.74) is 0.0612. The maximum atomic E-state index is 12.9. The minimum Gasteiger partial charge on any atom is -0.444 e. The van der Waals surface area contributed by atoms with E-state index in [1.165, 1.54) is 6.42 Å². The lowest BCUT2D eigenvalue weighted by Crippen LogP contribution is -2.52. The van der Waals surface area contributed by atoms with Crippen molar-refractivity contribution in [3.05, 3.63) is 35.9 Å². The Balaban J connectivity index is 2.03. The van der Waals surface area contributed by atoms with E-state index in [9.17, 15) is 14.7 Å². The highest BCUT2D eigenvalue weighted by Gasteiger charge is 2.33. The summed E-state index contributed by atoms with van der Waals surface area (Å²) in [5.74, 6) is -0.256. The van der Waals surface area contributed by atoms with Gasteiger partial charge in [0.2, 0.25) is 5.91 Å². The van der Waals surface area contributed by atoms with Crippen molar-refractivity contribution in [2.75, 3.05) is 13.2 Å². The van der Waals surface area contributed by atoms with E-state index in [0.717, 1.165) is 31.2 Å². The second-order valence-electron chi connectivity index (χ2n) is 8.83. The highest BCUT2D eigenvalue weighted by Crippen LogP contribution is 2.35. The molecule has 0 bridgehead atoms. The van der Waals surface area contributed by atoms with Gasteiger partial charge in [-0.25, -0.2) is 4.79 Å². The molecule has 6 nitrogen and oxygen atoms in total. The first kappa shape index (κ1) is 22.2. The second kappa shape index (κ2) is 9.92. The van der Waals surface area contributed by atoms with Crippen LogP contribution < -0.4 is 10.6 Å². The Bertz CT molecular complexity index is 634. The van der Waals surface area contributed by atoms with E-state index in [-0.39, 0.29) is 17.9 Å². The average Bonchev–Trinajstić information content (AvgIpc) is 2.65. The molecule has 0 heterocycles. The summed E-state index contributed by atoms with van der Waals surface area (Å²) >= 11 is 0. The third kappa shape index (κ3) is 7.15. The van der Waals surface area contributed by atoms with Crippen molar-refractivity contribution >= 4 is 12.0 Å². The number of nitrogens with one attached hydrogen (secondary N) is 2. The van der Waals surface area contributed by atoms with Gasteiger partial charge in [0.1, 0.15) is 11.6 Å². The van der Waals surface area contributed by atoms with E-state index in [4.69, 9.17) is 4.74 Å². The van der Waals surface area contributed by atoms with Crippen molar-refractivity contribution in [1.82, 2.24) is 10.6 Å². The van der Waals surface area contributed by atoms with Crippen molar-refractivity contribution < 1.29 is 19.4 Å². The number of aliphatic hydroxyl groups is 1. The quantitative estimate of drug-likeness (QED) is 0.667. The van der Waals surface area contributed by atoms with E-state index in [2.05, 4.69) is 10.6 Å². The van der Waals surface area contributed by atoms with Gasteiger partial charge in [0.15, 0.2) is 0 Å². The number of ether oxygens (including phenoxy) is 1. The Morgan fingerprint density at radius 2 is 1.79 bits per heavy atom. The van der Waals surface area contributed by atoms with Crippen LogP contribution in [-0.2, 0) is 16.0 Å². The summed E-state index contributed by atoms with van der Waals surface area (Å²) in [6.07, 6.45) is 4.89. The lowest BCUT2D eigenvalue weighted by molar-refractivity contribution is -0.124. The number of carbonyl (C=O) groups is 2. The molecule has 2 amide bonds. The van der Waals surface area contributed by atoms with Gasteiger partial charge in [-0.15, -0.1) is 0 Å². The predicted octanol–water partition coefficient (Wildman–Crippen LogP) is 3.18. The summed E-state index contributed by atoms with van der Waals surface area (Å²) < 4.78 is 5.32. The maximum Gasteiger partial charge on any atom is 0.408 e. The SMILES string of the molecule is CC(C)(C)OC(=O)NC(Cc1ccccc1)C(=O)NCC1(CO)CCCCC1. The second-order valence-corrected chi connectivity index (χ2v) is 8.83. The molecular formula is C22H34N2O4. The van der Waals surface area contributed by atoms with Gasteiger partial charge in [-0.1, -0.05) is 49.6 Å². The normalized spacial score (nSPS) is 17.4. The largest absolute Gasteiger partial charge is 0.444 e. The topological polar surface area (TPSA) is 87.7 Å². The molecule has 156 valence electrons. The molecule has 1 aliphatic carbocycles. The lowest BCUT2D eigenvalue weighted by atomic mass is 9.74. The molecule has 6 heteroatoms. The summed E-state index contributed by atoms with van der Waals surface area (Å²) in [7, 11) is 0. The fourth-order valence-electron chi connectivity index (χ4n) is 3.60. The fourth-order valence-corrected chi connectivity index (χ4v) is 3.60. The summed E-state index contributed by atoms with van der Waals surface area (Å²) in [6.45, 7) is 5.84. The lowest BCUT2D eigenvalue weighted by Gasteiger charge is -2.36. The molecule has 0 spiro atoms. The molecule has 3 N–H and O–H groups in total. The van der Waals surface area contributed by atoms with Gasteiger partial charge in [-0.05, 0) is 39.2 Å². The number of carbonyl (C=O) groups excluding carboxylic acids is 2. The van der Waals surface area contributed by atoms with Crippen molar-refractivity contribution in [3.63, 3.8) is 0 Å². The summed E-state index contributed by atoms with van der Waals surface area (Å²) in [4.78, 5) is 25.1. The first-order chi connectivity index (χ1) is 13.2. The van der Waals surface area contributed by atoms with E-state index >= 15 is 0 Å². The standard InChI is InChI=1S/C22H34N2O4/c1-21(2,3)28-20(27)24-18(14-17-10-6-4-7-11-17)19(26)23-15-22(16-25)12-8-5-9-13-22/h4,6-7,10-11,18,25H,5,8-9,12-16H2,1-3H3,(H,23,26)(H,24,27). The third-order valence-corrected chi connectivity index (χ3v) is 5.18. The molecule has 1 atom stereocenters. The first-order valence-electron chi connectivity index (χ1n) is 10.2. The third-order valence-electron chi connectivity index (χ3n) is 5.18. The number of hydrogen-bond acceptors (Lipinski definition) is 4. The van der Waals surface area contributed by atoms with E-state index in [0.29, 0.717) is 13.0 Å². The highest BCUT2D eigenvalue weighted by molar-refractivity contribution is 5.86. The molecular weight excluding hydrogens is 356 g/mol. The molecule has 1 aliphatic rings. The van der Waals surface area contributed by atoms with Gasteiger partial charge in [0, 0.05) is 18.4 Å². The zero-order valence-electron chi connectivity index (χ0n) is 17.3. The van der Waals surface area contributed by atoms with Crippen LogP contribution >= 0.6 is 0 Å². The van der Waals surface area contributed by atoms with Crippen LogP contribution in [0.15, 0.2) is 30.3 Å². The molecule has 1 fully saturated rings. The molecule has 28 heavy (non-hydrogen) atoms. The Labute approximate surface area is 168 Å². The van der Waals surface area contributed by atoms with E-state index in [1.54, 1.807) is 20.8 Å². The highest BCUT2D eigenvalue weighted by atomic mass is 16.6. The van der Waals surface area contributed by atoms with E-state index < -0.39 is 17.7 Å². The van der Waals surface area contributed by atoms with Crippen LogP contribution in [0.4, 0.5) is 4.79 Å². The number of alkyl carbamates (subject to hydrolysis) is 1. The van der Waals surface area contributed by atoms with Gasteiger partial charge < -0.3 is 20.5 Å². The minimum absolute atomic E-state index is 0.0656. The van der Waals surface area contributed by atoms with Crippen molar-refractivity contribution in [1.29, 1.82) is 0 Å². The number of aliphatic hydroxyl groups excluding tert-OH is 1. The van der Waals surface area contributed by atoms with Gasteiger partial charge in [-0.2, -0.15) is 0 Å². The molecule has 1 unspecified atom stereocenters. The van der Waals surface area contributed by atoms with Crippen LogP contribution in [-0.4, -0.2) is 41.9 Å². The maximum absolute atomic E-state index is 12.9. The zero-order valence-corrected chi connectivity index (χ0v) is 17.3. The summed E-state index contributed by atoms with van der Waals surface area (Å²) in [5, 5.41) is 15.5. The Hall–Kier alpha value is -2.08. The Kier molecular flexibility index (Phi) is 7.87. The smallest absolute Gasteiger partial charge is 0.408 e. The predicted molar refractivity (Wildman–Crippen MR) is 109 cm³/mol. The van der Waals surface area contributed by atoms with Crippen molar-refractivity contribution in [2.24, 2.45) is 5.41 Å². The van der Waals surface area contributed by atoms with Crippen molar-refractivity contribution in [2.45, 2.75) is 70.9 Å². The minimum atomic E-state index is -0.739. The van der Waals surface area contributed by atoms with Crippen LogP contribution in [0.3, 0.4) is 0 Å². The Morgan fingerprint density at radius 1 is 1.14 bits per heavy atom. The molecule has 2 rings (SSSR count). The van der Waals surface area contributed by atoms with E-state index in [1.807, 2.05) is 30.3 Å². The Morgan fingerprint density at radius 3 is 2.36 bits per heavy atom. The monoisotopic (exact) mass is 390 g/mol. The van der Waals surface area contributed by atoms with Gasteiger partial charge >= 0.3 is 6.09 Å². The number of hydrogen-bond donors (Lipinski definition) is 3. The van der Waals surface area contributed by atoms with Crippen LogP contribution in [0.2, 0.25) is 0 Å². The van der Waals surface area contributed by atoms with Gasteiger partial charge in [0.25, 0.3) is 0 Å². The number of rotatable bonds is 7. The first-order valence-corrected chi connectivity index (χ1v) is 10.2. The van der Waals surface area contributed by atoms with Gasteiger partial charge in [-0.3, -0.25) is 4.79 Å².